The van der Waals surface area contributed by atoms with E-state index in [0.717, 1.165) is 0 Å². The molecule has 82 valence electrons. The molecule has 0 saturated heterocycles. The number of hydrogen-bond donors (Lipinski definition) is 2. The van der Waals surface area contributed by atoms with E-state index in [1.54, 1.807) is 0 Å². The molecule has 0 unspecified atom stereocenters. The fourth-order valence-corrected chi connectivity index (χ4v) is 1.07. The maximum Gasteiger partial charge on any atom is 0.393 e. The molecule has 0 aromatic heterocycles. The molecule has 0 heterocycles. The molecule has 0 aliphatic heterocycles. The van der Waals surface area contributed by atoms with Crippen LogP contribution in [0.3, 0.4) is 0 Å². The Hall–Kier alpha value is -1.56. The van der Waals surface area contributed by atoms with E-state index in [0.29, 0.717) is 0 Å². The van der Waals surface area contributed by atoms with Crippen LogP contribution in [0.15, 0.2) is 24.3 Å². The third-order valence-electron chi connectivity index (χ3n) is 1.72. The number of carbonyl (C=O) groups is 1. The molecule has 0 aliphatic rings. The van der Waals surface area contributed by atoms with Crippen LogP contribution in [0.2, 0.25) is 0 Å². The number of amides is 1. The number of rotatable bonds is 2. The van der Waals surface area contributed by atoms with Crippen molar-refractivity contribution >= 4 is 5.91 Å². The lowest BCUT2D eigenvalue weighted by Crippen LogP contribution is -2.18. The van der Waals surface area contributed by atoms with Gasteiger partial charge in [-0.1, -0.05) is 12.1 Å². The van der Waals surface area contributed by atoms with E-state index in [2.05, 4.69) is 0 Å². The maximum absolute atomic E-state index is 11.9. The van der Waals surface area contributed by atoms with E-state index >= 15 is 0 Å². The van der Waals surface area contributed by atoms with Crippen LogP contribution in [0.5, 0.6) is 0 Å². The quantitative estimate of drug-likeness (QED) is 0.589. The Labute approximate surface area is 83.5 Å². The zero-order valence-corrected chi connectivity index (χ0v) is 7.51. The molecule has 1 aromatic rings. The lowest BCUT2D eigenvalue weighted by molar-refractivity contribution is -0.127. The van der Waals surface area contributed by atoms with E-state index in [9.17, 15) is 18.0 Å². The SMILES string of the molecule is O=C(NO)c1ccc(CC(F)(F)F)cc1. The van der Waals surface area contributed by atoms with Crippen molar-refractivity contribution in [3.05, 3.63) is 35.4 Å². The standard InChI is InChI=1S/C9H8F3NO2/c10-9(11,12)5-6-1-3-7(4-2-6)8(14)13-15/h1-4,15H,5H2,(H,13,14). The first kappa shape index (κ1) is 11.5. The smallest absolute Gasteiger partial charge is 0.288 e. The third-order valence-corrected chi connectivity index (χ3v) is 1.72. The number of halogens is 3. The monoisotopic (exact) mass is 219 g/mol. The fourth-order valence-electron chi connectivity index (χ4n) is 1.07. The van der Waals surface area contributed by atoms with Gasteiger partial charge in [-0.25, -0.2) is 5.48 Å². The molecule has 15 heavy (non-hydrogen) atoms. The molecule has 1 amide bonds. The zero-order valence-electron chi connectivity index (χ0n) is 7.51. The maximum atomic E-state index is 11.9. The Morgan fingerprint density at radius 2 is 1.80 bits per heavy atom. The molecular weight excluding hydrogens is 211 g/mol. The van der Waals surface area contributed by atoms with Crippen molar-refractivity contribution in [3.8, 4) is 0 Å². The minimum atomic E-state index is -4.26. The van der Waals surface area contributed by atoms with Crippen molar-refractivity contribution in [2.24, 2.45) is 0 Å². The third kappa shape index (κ3) is 3.59. The summed E-state index contributed by atoms with van der Waals surface area (Å²) < 4.78 is 35.8. The van der Waals surface area contributed by atoms with Gasteiger partial charge in [-0.2, -0.15) is 13.2 Å². The first-order valence-electron chi connectivity index (χ1n) is 4.02. The predicted octanol–water partition coefficient (Wildman–Crippen LogP) is 1.91. The lowest BCUT2D eigenvalue weighted by Gasteiger charge is -2.06. The molecule has 0 aliphatic carbocycles. The van der Waals surface area contributed by atoms with Crippen LogP contribution >= 0.6 is 0 Å². The summed E-state index contributed by atoms with van der Waals surface area (Å²) >= 11 is 0. The van der Waals surface area contributed by atoms with Gasteiger partial charge in [0.05, 0.1) is 6.42 Å². The van der Waals surface area contributed by atoms with Crippen molar-refractivity contribution in [1.82, 2.24) is 5.48 Å². The highest BCUT2D eigenvalue weighted by atomic mass is 19.4. The summed E-state index contributed by atoms with van der Waals surface area (Å²) in [5, 5.41) is 8.26. The highest BCUT2D eigenvalue weighted by Crippen LogP contribution is 2.21. The van der Waals surface area contributed by atoms with Crippen molar-refractivity contribution in [2.45, 2.75) is 12.6 Å². The van der Waals surface area contributed by atoms with Crippen LogP contribution in [-0.4, -0.2) is 17.3 Å². The van der Waals surface area contributed by atoms with Crippen molar-refractivity contribution in [3.63, 3.8) is 0 Å². The van der Waals surface area contributed by atoms with Gasteiger partial charge in [-0.3, -0.25) is 10.0 Å². The molecule has 0 bridgehead atoms. The fraction of sp³-hybridized carbons (Fsp3) is 0.222. The van der Waals surface area contributed by atoms with Crippen LogP contribution in [0.1, 0.15) is 15.9 Å². The Bertz CT molecular complexity index is 345. The van der Waals surface area contributed by atoms with Crippen LogP contribution in [0, 0.1) is 0 Å². The van der Waals surface area contributed by atoms with Gasteiger partial charge in [0.25, 0.3) is 5.91 Å². The van der Waals surface area contributed by atoms with Gasteiger partial charge >= 0.3 is 6.18 Å². The first-order valence-corrected chi connectivity index (χ1v) is 4.02. The molecular formula is C9H8F3NO2. The van der Waals surface area contributed by atoms with Gasteiger partial charge in [-0.15, -0.1) is 0 Å². The Balaban J connectivity index is 2.77. The number of hydroxylamine groups is 1. The van der Waals surface area contributed by atoms with Crippen molar-refractivity contribution < 1.29 is 23.2 Å². The number of nitrogens with one attached hydrogen (secondary N) is 1. The zero-order chi connectivity index (χ0) is 11.5. The molecule has 0 fully saturated rings. The molecule has 0 spiro atoms. The van der Waals surface area contributed by atoms with Crippen LogP contribution in [0.25, 0.3) is 0 Å². The second kappa shape index (κ2) is 4.31. The minimum absolute atomic E-state index is 0.0667. The summed E-state index contributed by atoms with van der Waals surface area (Å²) in [7, 11) is 0. The summed E-state index contributed by atoms with van der Waals surface area (Å²) in [6.45, 7) is 0. The highest BCUT2D eigenvalue weighted by Gasteiger charge is 2.27. The van der Waals surface area contributed by atoms with Crippen LogP contribution < -0.4 is 5.48 Å². The Kier molecular flexibility index (Phi) is 3.31. The minimum Gasteiger partial charge on any atom is -0.288 e. The van der Waals surface area contributed by atoms with Crippen LogP contribution in [-0.2, 0) is 6.42 Å². The average molecular weight is 219 g/mol. The summed E-state index contributed by atoms with van der Waals surface area (Å²) in [6.07, 6.45) is -5.30. The van der Waals surface area contributed by atoms with E-state index in [4.69, 9.17) is 5.21 Å². The number of alkyl halides is 3. The molecule has 0 atom stereocenters. The van der Waals surface area contributed by atoms with Crippen molar-refractivity contribution in [2.75, 3.05) is 0 Å². The van der Waals surface area contributed by atoms with Crippen molar-refractivity contribution in [1.29, 1.82) is 0 Å². The molecule has 3 nitrogen and oxygen atoms in total. The normalized spacial score (nSPS) is 11.2. The lowest BCUT2D eigenvalue weighted by atomic mass is 10.1. The molecule has 1 aromatic carbocycles. The molecule has 0 radical (unpaired) electrons. The largest absolute Gasteiger partial charge is 0.393 e. The number of benzene rings is 1. The van der Waals surface area contributed by atoms with Crippen LogP contribution in [0.4, 0.5) is 13.2 Å². The summed E-state index contributed by atoms with van der Waals surface area (Å²) in [5.74, 6) is -0.756. The Morgan fingerprint density at radius 3 is 2.20 bits per heavy atom. The van der Waals surface area contributed by atoms with E-state index in [1.807, 2.05) is 0 Å². The number of hydrogen-bond acceptors (Lipinski definition) is 2. The van der Waals surface area contributed by atoms with Gasteiger partial charge < -0.3 is 0 Å². The average Bonchev–Trinajstić information content (AvgIpc) is 2.15. The second-order valence-electron chi connectivity index (χ2n) is 2.93. The summed E-state index contributed by atoms with van der Waals surface area (Å²) in [5.41, 5.74) is 1.55. The molecule has 0 saturated carbocycles. The van der Waals surface area contributed by atoms with Gasteiger partial charge in [0.2, 0.25) is 0 Å². The van der Waals surface area contributed by atoms with Gasteiger partial charge in [0, 0.05) is 5.56 Å². The molecule has 6 heteroatoms. The molecule has 1 rings (SSSR count). The summed E-state index contributed by atoms with van der Waals surface area (Å²) in [6, 6.07) is 4.81. The van der Waals surface area contributed by atoms with Gasteiger partial charge in [0.15, 0.2) is 0 Å². The van der Waals surface area contributed by atoms with E-state index in [-0.39, 0.29) is 11.1 Å². The van der Waals surface area contributed by atoms with E-state index < -0.39 is 18.5 Å². The topological polar surface area (TPSA) is 49.3 Å². The highest BCUT2D eigenvalue weighted by molar-refractivity contribution is 5.93. The first-order chi connectivity index (χ1) is 6.92. The Morgan fingerprint density at radius 1 is 1.27 bits per heavy atom. The molecule has 2 N–H and O–H groups in total. The predicted molar refractivity (Wildman–Crippen MR) is 45.5 cm³/mol. The number of carbonyl (C=O) groups excluding carboxylic acids is 1. The van der Waals surface area contributed by atoms with Gasteiger partial charge in [-0.05, 0) is 17.7 Å². The second-order valence-corrected chi connectivity index (χ2v) is 2.93. The van der Waals surface area contributed by atoms with Gasteiger partial charge in [0.1, 0.15) is 0 Å². The van der Waals surface area contributed by atoms with E-state index in [1.165, 1.54) is 29.7 Å². The summed E-state index contributed by atoms with van der Waals surface area (Å²) in [4.78, 5) is 10.8.